The summed E-state index contributed by atoms with van der Waals surface area (Å²) >= 11 is 8.96. The van der Waals surface area contributed by atoms with Gasteiger partial charge in [0.1, 0.15) is 5.82 Å². The number of aromatic nitrogens is 1. The van der Waals surface area contributed by atoms with Gasteiger partial charge in [-0.05, 0) is 22.0 Å². The summed E-state index contributed by atoms with van der Waals surface area (Å²) in [6, 6.07) is 1.70. The number of nitrogens with one attached hydrogen (secondary N) is 1. The zero-order chi connectivity index (χ0) is 10.6. The van der Waals surface area contributed by atoms with Crippen LogP contribution in [0, 0.1) is 0 Å². The highest BCUT2D eigenvalue weighted by molar-refractivity contribution is 9.10. The molecule has 6 heteroatoms. The summed E-state index contributed by atoms with van der Waals surface area (Å²) in [4.78, 5) is 4.00. The van der Waals surface area contributed by atoms with Gasteiger partial charge >= 0.3 is 0 Å². The van der Waals surface area contributed by atoms with Crippen LogP contribution in [0.4, 0.5) is 5.82 Å². The van der Waals surface area contributed by atoms with E-state index in [0.29, 0.717) is 10.8 Å². The van der Waals surface area contributed by atoms with Crippen molar-refractivity contribution in [2.45, 2.75) is 6.10 Å². The van der Waals surface area contributed by atoms with E-state index in [2.05, 4.69) is 26.2 Å². The monoisotopic (exact) mass is 280 g/mol. The summed E-state index contributed by atoms with van der Waals surface area (Å²) in [5.74, 6) is 0.585. The number of pyridine rings is 1. The molecule has 0 saturated heterocycles. The average molecular weight is 282 g/mol. The van der Waals surface area contributed by atoms with E-state index in [4.69, 9.17) is 21.8 Å². The Balaban J connectivity index is 2.59. The Morgan fingerprint density at radius 1 is 1.64 bits per heavy atom. The fraction of sp³-hybridized carbons (Fsp3) is 0.375. The number of hydrogen-bond donors (Lipinski definition) is 3. The maximum Gasteiger partial charge on any atom is 0.140 e. The first-order valence-corrected chi connectivity index (χ1v) is 5.14. The van der Waals surface area contributed by atoms with Gasteiger partial charge in [0.2, 0.25) is 0 Å². The number of hydrogen-bond acceptors (Lipinski definition) is 4. The first-order valence-electron chi connectivity index (χ1n) is 3.97. The van der Waals surface area contributed by atoms with Crippen molar-refractivity contribution >= 4 is 33.3 Å². The van der Waals surface area contributed by atoms with Gasteiger partial charge in [0, 0.05) is 12.7 Å². The van der Waals surface area contributed by atoms with Crippen LogP contribution in [0.3, 0.4) is 0 Å². The zero-order valence-corrected chi connectivity index (χ0v) is 9.59. The SMILES string of the molecule is OCC(O)CNc1ncc(Cl)cc1Br. The van der Waals surface area contributed by atoms with Gasteiger partial charge in [-0.25, -0.2) is 4.98 Å². The van der Waals surface area contributed by atoms with Gasteiger partial charge in [0.05, 0.1) is 22.2 Å². The second kappa shape index (κ2) is 5.50. The van der Waals surface area contributed by atoms with Gasteiger partial charge in [0.15, 0.2) is 0 Å². The molecule has 0 spiro atoms. The van der Waals surface area contributed by atoms with Crippen LogP contribution in [0.5, 0.6) is 0 Å². The lowest BCUT2D eigenvalue weighted by Gasteiger charge is -2.10. The van der Waals surface area contributed by atoms with Crippen LogP contribution in [0.25, 0.3) is 0 Å². The molecule has 0 radical (unpaired) electrons. The van der Waals surface area contributed by atoms with Gasteiger partial charge in [-0.2, -0.15) is 0 Å². The average Bonchev–Trinajstić information content (AvgIpc) is 2.16. The number of anilines is 1. The number of nitrogens with zero attached hydrogens (tertiary/aromatic N) is 1. The van der Waals surface area contributed by atoms with Crippen molar-refractivity contribution in [3.63, 3.8) is 0 Å². The molecule has 1 aromatic heterocycles. The number of aliphatic hydroxyl groups is 2. The second-order valence-electron chi connectivity index (χ2n) is 2.70. The minimum atomic E-state index is -0.792. The molecule has 0 aliphatic heterocycles. The van der Waals surface area contributed by atoms with Gasteiger partial charge in [-0.1, -0.05) is 11.6 Å². The third-order valence-corrected chi connectivity index (χ3v) is 2.33. The maximum atomic E-state index is 9.08. The van der Waals surface area contributed by atoms with Crippen LogP contribution >= 0.6 is 27.5 Å². The molecular weight excluding hydrogens is 271 g/mol. The highest BCUT2D eigenvalue weighted by atomic mass is 79.9. The third-order valence-electron chi connectivity index (χ3n) is 1.52. The molecule has 0 fully saturated rings. The number of aliphatic hydroxyl groups excluding tert-OH is 2. The van der Waals surface area contributed by atoms with Crippen molar-refractivity contribution in [1.29, 1.82) is 0 Å². The summed E-state index contributed by atoms with van der Waals surface area (Å²) in [7, 11) is 0. The maximum absolute atomic E-state index is 9.08. The van der Waals surface area contributed by atoms with E-state index < -0.39 is 6.10 Å². The molecule has 1 aromatic rings. The molecule has 3 N–H and O–H groups in total. The summed E-state index contributed by atoms with van der Waals surface area (Å²) < 4.78 is 0.718. The first-order chi connectivity index (χ1) is 6.63. The fourth-order valence-corrected chi connectivity index (χ4v) is 1.60. The Bertz CT molecular complexity index is 311. The Labute approximate surface area is 95.1 Å². The Hall–Kier alpha value is -0.360. The van der Waals surface area contributed by atoms with Gasteiger partial charge in [0.25, 0.3) is 0 Å². The van der Waals surface area contributed by atoms with Crippen LogP contribution in [0.15, 0.2) is 16.7 Å². The van der Waals surface area contributed by atoms with Crippen molar-refractivity contribution in [3.05, 3.63) is 21.8 Å². The largest absolute Gasteiger partial charge is 0.394 e. The Kier molecular flexibility index (Phi) is 4.60. The zero-order valence-electron chi connectivity index (χ0n) is 7.24. The van der Waals surface area contributed by atoms with E-state index in [1.807, 2.05) is 0 Å². The van der Waals surface area contributed by atoms with Crippen LogP contribution in [0.2, 0.25) is 5.02 Å². The van der Waals surface area contributed by atoms with Crippen molar-refractivity contribution < 1.29 is 10.2 Å². The topological polar surface area (TPSA) is 65.4 Å². The summed E-state index contributed by atoms with van der Waals surface area (Å²) in [5.41, 5.74) is 0. The molecule has 4 nitrogen and oxygen atoms in total. The first kappa shape index (κ1) is 11.7. The van der Waals surface area contributed by atoms with E-state index in [-0.39, 0.29) is 13.2 Å². The van der Waals surface area contributed by atoms with Gasteiger partial charge < -0.3 is 15.5 Å². The Morgan fingerprint density at radius 2 is 2.36 bits per heavy atom. The number of halogens is 2. The molecule has 78 valence electrons. The van der Waals surface area contributed by atoms with Crippen LogP contribution < -0.4 is 5.32 Å². The molecule has 0 saturated carbocycles. The predicted octanol–water partition coefficient (Wildman–Crippen LogP) is 1.26. The molecule has 1 unspecified atom stereocenters. The molecule has 0 aliphatic rings. The molecule has 1 heterocycles. The van der Waals surface area contributed by atoms with Gasteiger partial charge in [-0.15, -0.1) is 0 Å². The van der Waals surface area contributed by atoms with E-state index in [0.717, 1.165) is 4.47 Å². The van der Waals surface area contributed by atoms with E-state index >= 15 is 0 Å². The van der Waals surface area contributed by atoms with Crippen molar-refractivity contribution in [2.24, 2.45) is 0 Å². The molecular formula is C8H10BrClN2O2. The van der Waals surface area contributed by atoms with Crippen LogP contribution in [0.1, 0.15) is 0 Å². The van der Waals surface area contributed by atoms with E-state index in [1.165, 1.54) is 6.20 Å². The second-order valence-corrected chi connectivity index (χ2v) is 3.99. The minimum absolute atomic E-state index is 0.240. The smallest absolute Gasteiger partial charge is 0.140 e. The molecule has 0 amide bonds. The molecule has 0 aliphatic carbocycles. The normalized spacial score (nSPS) is 12.6. The van der Waals surface area contributed by atoms with Gasteiger partial charge in [-0.3, -0.25) is 0 Å². The molecule has 1 rings (SSSR count). The predicted molar refractivity (Wildman–Crippen MR) is 58.5 cm³/mol. The quantitative estimate of drug-likeness (QED) is 0.777. The van der Waals surface area contributed by atoms with Crippen molar-refractivity contribution in [1.82, 2.24) is 4.98 Å². The number of rotatable bonds is 4. The molecule has 14 heavy (non-hydrogen) atoms. The highest BCUT2D eigenvalue weighted by Crippen LogP contribution is 2.22. The third kappa shape index (κ3) is 3.42. The van der Waals surface area contributed by atoms with E-state index in [9.17, 15) is 0 Å². The molecule has 0 bridgehead atoms. The fourth-order valence-electron chi connectivity index (χ4n) is 0.824. The van der Waals surface area contributed by atoms with Crippen LogP contribution in [-0.2, 0) is 0 Å². The lowest BCUT2D eigenvalue weighted by Crippen LogP contribution is -2.23. The van der Waals surface area contributed by atoms with Crippen molar-refractivity contribution in [3.8, 4) is 0 Å². The summed E-state index contributed by atoms with van der Waals surface area (Å²) in [5, 5.41) is 21.1. The summed E-state index contributed by atoms with van der Waals surface area (Å²) in [6.45, 7) is -0.0397. The lowest BCUT2D eigenvalue weighted by atomic mass is 10.3. The summed E-state index contributed by atoms with van der Waals surface area (Å²) in [6.07, 6.45) is 0.708. The highest BCUT2D eigenvalue weighted by Gasteiger charge is 2.05. The van der Waals surface area contributed by atoms with Crippen molar-refractivity contribution in [2.75, 3.05) is 18.5 Å². The molecule has 0 aromatic carbocycles. The Morgan fingerprint density at radius 3 is 2.93 bits per heavy atom. The molecule has 1 atom stereocenters. The van der Waals surface area contributed by atoms with Crippen LogP contribution in [-0.4, -0.2) is 34.5 Å². The van der Waals surface area contributed by atoms with E-state index in [1.54, 1.807) is 6.07 Å². The lowest BCUT2D eigenvalue weighted by molar-refractivity contribution is 0.105. The minimum Gasteiger partial charge on any atom is -0.394 e. The standard InChI is InChI=1S/C8H10BrClN2O2/c9-7-1-5(10)2-11-8(7)12-3-6(14)4-13/h1-2,6,13-14H,3-4H2,(H,11,12).